The van der Waals surface area contributed by atoms with Crippen molar-refractivity contribution < 1.29 is 4.39 Å². The van der Waals surface area contributed by atoms with Gasteiger partial charge in [0.25, 0.3) is 0 Å². The molecule has 2 rings (SSSR count). The molecule has 0 amide bonds. The van der Waals surface area contributed by atoms with Crippen molar-refractivity contribution >= 4 is 5.69 Å². The second-order valence-electron chi connectivity index (χ2n) is 4.75. The van der Waals surface area contributed by atoms with Crippen LogP contribution in [0.1, 0.15) is 38.2 Å². The summed E-state index contributed by atoms with van der Waals surface area (Å²) >= 11 is 0. The van der Waals surface area contributed by atoms with E-state index in [9.17, 15) is 4.39 Å². The number of hydrogen-bond acceptors (Lipinski definition) is 1. The summed E-state index contributed by atoms with van der Waals surface area (Å²) in [6, 6.07) is 5.25. The van der Waals surface area contributed by atoms with Crippen molar-refractivity contribution in [1.82, 2.24) is 0 Å². The van der Waals surface area contributed by atoms with E-state index in [0.29, 0.717) is 5.92 Å². The zero-order chi connectivity index (χ0) is 10.8. The smallest absolute Gasteiger partial charge is 0.125 e. The number of benzene rings is 1. The van der Waals surface area contributed by atoms with E-state index in [-0.39, 0.29) is 5.82 Å². The summed E-state index contributed by atoms with van der Waals surface area (Å²) in [5, 5.41) is 3.30. The van der Waals surface area contributed by atoms with Crippen LogP contribution in [0.3, 0.4) is 0 Å². The topological polar surface area (TPSA) is 12.0 Å². The summed E-state index contributed by atoms with van der Waals surface area (Å²) in [5.41, 5.74) is 1.99. The van der Waals surface area contributed by atoms with E-state index >= 15 is 0 Å². The van der Waals surface area contributed by atoms with Gasteiger partial charge in [-0.3, -0.25) is 0 Å². The van der Waals surface area contributed by atoms with Gasteiger partial charge in [-0.2, -0.15) is 0 Å². The van der Waals surface area contributed by atoms with Crippen LogP contribution in [0.5, 0.6) is 0 Å². The Bertz CT molecular complexity index is 342. The Kier molecular flexibility index (Phi) is 2.94. The number of hydrogen-bond donors (Lipinski definition) is 1. The first-order valence-electron chi connectivity index (χ1n) is 5.69. The third kappa shape index (κ3) is 2.95. The number of anilines is 1. The standard InChI is InChI=1S/C13H18FN/c1-9(2)11-5-12(14)7-13(6-11)15-8-10-3-4-10/h5-7,9-10,15H,3-4,8H2,1-2H3. The minimum absolute atomic E-state index is 0.139. The molecule has 1 aliphatic carbocycles. The Hall–Kier alpha value is -1.05. The number of nitrogens with one attached hydrogen (secondary N) is 1. The van der Waals surface area contributed by atoms with E-state index in [4.69, 9.17) is 0 Å². The fraction of sp³-hybridized carbons (Fsp3) is 0.538. The van der Waals surface area contributed by atoms with Crippen molar-refractivity contribution in [3.63, 3.8) is 0 Å². The van der Waals surface area contributed by atoms with Crippen LogP contribution >= 0.6 is 0 Å². The Morgan fingerprint density at radius 2 is 2.07 bits per heavy atom. The molecule has 0 unspecified atom stereocenters. The van der Waals surface area contributed by atoms with Crippen LogP contribution in [-0.4, -0.2) is 6.54 Å². The second kappa shape index (κ2) is 4.21. The lowest BCUT2D eigenvalue weighted by Crippen LogP contribution is -2.04. The highest BCUT2D eigenvalue weighted by molar-refractivity contribution is 5.47. The van der Waals surface area contributed by atoms with Crippen LogP contribution in [0.4, 0.5) is 10.1 Å². The summed E-state index contributed by atoms with van der Waals surface area (Å²) in [7, 11) is 0. The molecule has 1 saturated carbocycles. The molecule has 1 aromatic carbocycles. The van der Waals surface area contributed by atoms with E-state index < -0.39 is 0 Å². The van der Waals surface area contributed by atoms with E-state index in [1.54, 1.807) is 12.1 Å². The fourth-order valence-corrected chi connectivity index (χ4v) is 1.63. The normalized spacial score (nSPS) is 15.7. The third-order valence-electron chi connectivity index (χ3n) is 2.88. The zero-order valence-corrected chi connectivity index (χ0v) is 9.39. The van der Waals surface area contributed by atoms with Gasteiger partial charge in [0.15, 0.2) is 0 Å². The van der Waals surface area contributed by atoms with Gasteiger partial charge >= 0.3 is 0 Å². The molecule has 15 heavy (non-hydrogen) atoms. The molecule has 0 spiro atoms. The highest BCUT2D eigenvalue weighted by Crippen LogP contribution is 2.29. The highest BCUT2D eigenvalue weighted by Gasteiger charge is 2.20. The molecule has 0 heterocycles. The SMILES string of the molecule is CC(C)c1cc(F)cc(NCC2CC2)c1. The maximum absolute atomic E-state index is 13.3. The van der Waals surface area contributed by atoms with Gasteiger partial charge < -0.3 is 5.32 Å². The maximum Gasteiger partial charge on any atom is 0.125 e. The molecule has 0 radical (unpaired) electrons. The molecule has 0 aliphatic heterocycles. The first-order chi connectivity index (χ1) is 7.15. The Morgan fingerprint density at radius 1 is 1.33 bits per heavy atom. The Balaban J connectivity index is 2.07. The second-order valence-corrected chi connectivity index (χ2v) is 4.75. The largest absolute Gasteiger partial charge is 0.385 e. The van der Waals surface area contributed by atoms with Crippen molar-refractivity contribution in [3.8, 4) is 0 Å². The minimum Gasteiger partial charge on any atom is -0.385 e. The summed E-state index contributed by atoms with van der Waals surface area (Å²) in [5.74, 6) is 1.05. The van der Waals surface area contributed by atoms with Gasteiger partial charge in [0.05, 0.1) is 0 Å². The molecular formula is C13H18FN. The van der Waals surface area contributed by atoms with Crippen LogP contribution in [0, 0.1) is 11.7 Å². The molecule has 82 valence electrons. The maximum atomic E-state index is 13.3. The predicted molar refractivity (Wildman–Crippen MR) is 61.7 cm³/mol. The summed E-state index contributed by atoms with van der Waals surface area (Å²) in [6.07, 6.45) is 2.64. The van der Waals surface area contributed by atoms with Crippen LogP contribution in [-0.2, 0) is 0 Å². The van der Waals surface area contributed by atoms with Crippen LogP contribution in [0.2, 0.25) is 0 Å². The summed E-state index contributed by atoms with van der Waals surface area (Å²) in [4.78, 5) is 0. The molecule has 0 saturated heterocycles. The van der Waals surface area contributed by atoms with Crippen molar-refractivity contribution in [2.45, 2.75) is 32.6 Å². The molecule has 2 heteroatoms. The van der Waals surface area contributed by atoms with Gasteiger partial charge in [-0.15, -0.1) is 0 Å². The molecule has 1 aliphatic rings. The average molecular weight is 207 g/mol. The molecule has 1 fully saturated rings. The Labute approximate surface area is 90.7 Å². The van der Waals surface area contributed by atoms with E-state index in [1.807, 2.05) is 0 Å². The lowest BCUT2D eigenvalue weighted by atomic mass is 10.0. The molecule has 0 bridgehead atoms. The van der Waals surface area contributed by atoms with Crippen molar-refractivity contribution in [3.05, 3.63) is 29.6 Å². The molecule has 0 aromatic heterocycles. The first kappa shape index (κ1) is 10.5. The van der Waals surface area contributed by atoms with E-state index in [2.05, 4.69) is 25.2 Å². The van der Waals surface area contributed by atoms with Gasteiger partial charge in [0, 0.05) is 12.2 Å². The van der Waals surface area contributed by atoms with Gasteiger partial charge in [0.2, 0.25) is 0 Å². The van der Waals surface area contributed by atoms with Crippen LogP contribution < -0.4 is 5.32 Å². The van der Waals surface area contributed by atoms with Crippen molar-refractivity contribution in [2.75, 3.05) is 11.9 Å². The summed E-state index contributed by atoms with van der Waals surface area (Å²) < 4.78 is 13.3. The van der Waals surface area contributed by atoms with E-state index in [1.165, 1.54) is 12.8 Å². The lowest BCUT2D eigenvalue weighted by molar-refractivity contribution is 0.623. The van der Waals surface area contributed by atoms with E-state index in [0.717, 1.165) is 23.7 Å². The van der Waals surface area contributed by atoms with Gasteiger partial charge in [-0.1, -0.05) is 13.8 Å². The fourth-order valence-electron chi connectivity index (χ4n) is 1.63. The highest BCUT2D eigenvalue weighted by atomic mass is 19.1. The summed E-state index contributed by atoms with van der Waals surface area (Å²) in [6.45, 7) is 5.15. The van der Waals surface area contributed by atoms with Crippen LogP contribution in [0.15, 0.2) is 18.2 Å². The zero-order valence-electron chi connectivity index (χ0n) is 9.39. The number of halogens is 1. The minimum atomic E-state index is -0.139. The monoisotopic (exact) mass is 207 g/mol. The Morgan fingerprint density at radius 3 is 2.67 bits per heavy atom. The molecule has 0 atom stereocenters. The van der Waals surface area contributed by atoms with Crippen molar-refractivity contribution in [1.29, 1.82) is 0 Å². The average Bonchev–Trinajstić information content (AvgIpc) is 2.97. The predicted octanol–water partition coefficient (Wildman–Crippen LogP) is 3.77. The molecule has 1 aromatic rings. The molecule has 1 N–H and O–H groups in total. The van der Waals surface area contributed by atoms with Crippen molar-refractivity contribution in [2.24, 2.45) is 5.92 Å². The third-order valence-corrected chi connectivity index (χ3v) is 2.88. The van der Waals surface area contributed by atoms with Gasteiger partial charge in [-0.25, -0.2) is 4.39 Å². The van der Waals surface area contributed by atoms with Gasteiger partial charge in [0.1, 0.15) is 5.82 Å². The van der Waals surface area contributed by atoms with Gasteiger partial charge in [-0.05, 0) is 48.4 Å². The molecular weight excluding hydrogens is 189 g/mol. The molecule has 1 nitrogen and oxygen atoms in total. The van der Waals surface area contributed by atoms with Crippen LogP contribution in [0.25, 0.3) is 0 Å². The first-order valence-corrected chi connectivity index (χ1v) is 5.69. The quantitative estimate of drug-likeness (QED) is 0.792. The number of rotatable bonds is 4. The lowest BCUT2D eigenvalue weighted by Gasteiger charge is -2.10.